The fourth-order valence-electron chi connectivity index (χ4n) is 3.88. The smallest absolute Gasteiger partial charge is 0.224 e. The number of benzene rings is 2. The molecule has 0 saturated carbocycles. The van der Waals surface area contributed by atoms with Crippen molar-refractivity contribution in [2.45, 2.75) is 25.4 Å². The van der Waals surface area contributed by atoms with Crippen molar-refractivity contribution in [1.29, 1.82) is 0 Å². The van der Waals surface area contributed by atoms with Crippen LogP contribution in [0.25, 0.3) is 0 Å². The van der Waals surface area contributed by atoms with E-state index in [-0.39, 0.29) is 11.9 Å². The molecule has 0 unspecified atom stereocenters. The second kappa shape index (κ2) is 8.97. The Hall–Kier alpha value is -3.05. The van der Waals surface area contributed by atoms with Crippen LogP contribution < -0.4 is 10.1 Å². The van der Waals surface area contributed by atoms with Crippen molar-refractivity contribution in [3.63, 3.8) is 0 Å². The van der Waals surface area contributed by atoms with Gasteiger partial charge in [0.1, 0.15) is 11.5 Å². The third-order valence-electron chi connectivity index (χ3n) is 5.49. The minimum Gasteiger partial charge on any atom is -0.497 e. The zero-order valence-corrected chi connectivity index (χ0v) is 16.6. The van der Waals surface area contributed by atoms with E-state index in [0.717, 1.165) is 36.6 Å². The first-order valence-electron chi connectivity index (χ1n) is 9.97. The minimum absolute atomic E-state index is 0.00383. The average molecular weight is 390 g/mol. The quantitative estimate of drug-likeness (QED) is 0.668. The molecule has 1 aliphatic heterocycles. The van der Waals surface area contributed by atoms with E-state index in [4.69, 9.17) is 9.15 Å². The lowest BCUT2D eigenvalue weighted by Crippen LogP contribution is -2.40. The molecule has 150 valence electrons. The summed E-state index contributed by atoms with van der Waals surface area (Å²) in [6.07, 6.45) is 3.05. The van der Waals surface area contributed by atoms with Gasteiger partial charge in [0.05, 0.1) is 25.8 Å². The number of carbonyl (C=O) groups excluding carboxylic acids is 1. The van der Waals surface area contributed by atoms with E-state index in [1.54, 1.807) is 13.4 Å². The fourth-order valence-corrected chi connectivity index (χ4v) is 3.88. The maximum absolute atomic E-state index is 12.5. The number of nitrogens with zero attached hydrogens (tertiary/aromatic N) is 1. The van der Waals surface area contributed by atoms with E-state index in [1.807, 2.05) is 36.4 Å². The predicted molar refractivity (Wildman–Crippen MR) is 112 cm³/mol. The van der Waals surface area contributed by atoms with E-state index in [1.165, 1.54) is 11.1 Å². The third-order valence-corrected chi connectivity index (χ3v) is 5.49. The molecule has 0 bridgehead atoms. The molecule has 0 radical (unpaired) electrons. The number of hydrogen-bond donors (Lipinski definition) is 1. The first kappa shape index (κ1) is 19.3. The second-order valence-electron chi connectivity index (χ2n) is 7.35. The van der Waals surface area contributed by atoms with Gasteiger partial charge in [-0.05, 0) is 47.4 Å². The number of nitrogens with one attached hydrogen (secondary N) is 1. The molecule has 0 aliphatic carbocycles. The van der Waals surface area contributed by atoms with Gasteiger partial charge in [0, 0.05) is 19.6 Å². The van der Waals surface area contributed by atoms with Crippen LogP contribution in [-0.2, 0) is 24.2 Å². The summed E-state index contributed by atoms with van der Waals surface area (Å²) in [6, 6.07) is 20.1. The van der Waals surface area contributed by atoms with Crippen molar-refractivity contribution < 1.29 is 13.9 Å². The number of furan rings is 1. The molecule has 29 heavy (non-hydrogen) atoms. The van der Waals surface area contributed by atoms with Crippen LogP contribution in [0.2, 0.25) is 0 Å². The first-order chi connectivity index (χ1) is 14.2. The van der Waals surface area contributed by atoms with Gasteiger partial charge in [-0.2, -0.15) is 0 Å². The van der Waals surface area contributed by atoms with E-state index in [0.29, 0.717) is 13.0 Å². The molecule has 0 saturated heterocycles. The third kappa shape index (κ3) is 4.69. The molecule has 0 fully saturated rings. The summed E-state index contributed by atoms with van der Waals surface area (Å²) < 4.78 is 10.9. The van der Waals surface area contributed by atoms with Crippen LogP contribution in [0.15, 0.2) is 71.3 Å². The second-order valence-corrected chi connectivity index (χ2v) is 7.35. The fraction of sp³-hybridized carbons (Fsp3) is 0.292. The van der Waals surface area contributed by atoms with E-state index >= 15 is 0 Å². The average Bonchev–Trinajstić information content (AvgIpc) is 3.29. The van der Waals surface area contributed by atoms with Gasteiger partial charge >= 0.3 is 0 Å². The van der Waals surface area contributed by atoms with Crippen LogP contribution in [0.4, 0.5) is 0 Å². The Labute approximate surface area is 171 Å². The summed E-state index contributed by atoms with van der Waals surface area (Å²) in [4.78, 5) is 14.9. The van der Waals surface area contributed by atoms with Crippen molar-refractivity contribution in [3.05, 3.63) is 89.4 Å². The molecule has 3 aromatic rings. The maximum atomic E-state index is 12.5. The van der Waals surface area contributed by atoms with Gasteiger partial charge in [-0.1, -0.05) is 36.4 Å². The van der Waals surface area contributed by atoms with Gasteiger partial charge in [0.2, 0.25) is 5.91 Å². The van der Waals surface area contributed by atoms with Gasteiger partial charge in [0.15, 0.2) is 0 Å². The standard InChI is InChI=1S/C24H26N2O3/c1-28-21-10-8-18(9-11-21)15-24(27)25-16-22(23-7-4-14-29-23)26-13-12-19-5-2-3-6-20(19)17-26/h2-11,14,22H,12-13,15-17H2,1H3,(H,25,27)/t22-/m1/s1. The highest BCUT2D eigenvalue weighted by Crippen LogP contribution is 2.28. The van der Waals surface area contributed by atoms with Gasteiger partial charge < -0.3 is 14.5 Å². The van der Waals surface area contributed by atoms with Crippen LogP contribution in [0.5, 0.6) is 5.75 Å². The lowest BCUT2D eigenvalue weighted by Gasteiger charge is -2.34. The molecule has 5 nitrogen and oxygen atoms in total. The molecule has 5 heteroatoms. The number of hydrogen-bond acceptors (Lipinski definition) is 4. The summed E-state index contributed by atoms with van der Waals surface area (Å²) in [6.45, 7) is 2.32. The summed E-state index contributed by atoms with van der Waals surface area (Å²) in [5.41, 5.74) is 3.72. The lowest BCUT2D eigenvalue weighted by molar-refractivity contribution is -0.120. The Balaban J connectivity index is 1.41. The van der Waals surface area contributed by atoms with E-state index < -0.39 is 0 Å². The van der Waals surface area contributed by atoms with Crippen LogP contribution in [0, 0.1) is 0 Å². The Morgan fingerprint density at radius 3 is 2.62 bits per heavy atom. The van der Waals surface area contributed by atoms with Gasteiger partial charge in [-0.15, -0.1) is 0 Å². The number of ether oxygens (including phenoxy) is 1. The van der Waals surface area contributed by atoms with Crippen molar-refractivity contribution in [2.24, 2.45) is 0 Å². The highest BCUT2D eigenvalue weighted by atomic mass is 16.5. The molecule has 1 aliphatic rings. The molecular formula is C24H26N2O3. The SMILES string of the molecule is COc1ccc(CC(=O)NC[C@H](c2ccco2)N2CCc3ccccc3C2)cc1. The van der Waals surface area contributed by atoms with Gasteiger partial charge in [-0.25, -0.2) is 0 Å². The number of carbonyl (C=O) groups is 1. The summed E-state index contributed by atoms with van der Waals surface area (Å²) in [7, 11) is 1.63. The number of rotatable bonds is 7. The molecule has 1 amide bonds. The Kier molecular flexibility index (Phi) is 5.96. The van der Waals surface area contributed by atoms with Crippen LogP contribution >= 0.6 is 0 Å². The summed E-state index contributed by atoms with van der Waals surface area (Å²) in [5, 5.41) is 3.10. The summed E-state index contributed by atoms with van der Waals surface area (Å²) >= 11 is 0. The van der Waals surface area contributed by atoms with Crippen LogP contribution in [-0.4, -0.2) is 31.0 Å². The molecule has 2 heterocycles. The Morgan fingerprint density at radius 1 is 1.10 bits per heavy atom. The first-order valence-corrected chi connectivity index (χ1v) is 9.97. The van der Waals surface area contributed by atoms with Crippen molar-refractivity contribution in [1.82, 2.24) is 10.2 Å². The normalized spacial score (nSPS) is 14.8. The zero-order chi connectivity index (χ0) is 20.1. The van der Waals surface area contributed by atoms with Crippen LogP contribution in [0.1, 0.15) is 28.5 Å². The highest BCUT2D eigenvalue weighted by molar-refractivity contribution is 5.78. The maximum Gasteiger partial charge on any atom is 0.224 e. The predicted octanol–water partition coefficient (Wildman–Crippen LogP) is 3.75. The number of methoxy groups -OCH3 is 1. The van der Waals surface area contributed by atoms with Crippen molar-refractivity contribution in [3.8, 4) is 5.75 Å². The van der Waals surface area contributed by atoms with Gasteiger partial charge in [-0.3, -0.25) is 9.69 Å². The zero-order valence-electron chi connectivity index (χ0n) is 16.6. The molecule has 4 rings (SSSR count). The monoisotopic (exact) mass is 390 g/mol. The molecular weight excluding hydrogens is 364 g/mol. The van der Waals surface area contributed by atoms with Crippen LogP contribution in [0.3, 0.4) is 0 Å². The largest absolute Gasteiger partial charge is 0.497 e. The molecule has 2 aromatic carbocycles. The van der Waals surface area contributed by atoms with Crippen molar-refractivity contribution in [2.75, 3.05) is 20.2 Å². The molecule has 1 aromatic heterocycles. The van der Waals surface area contributed by atoms with E-state index in [2.05, 4.69) is 34.5 Å². The Bertz CT molecular complexity index is 935. The number of amides is 1. The summed E-state index contributed by atoms with van der Waals surface area (Å²) in [5.74, 6) is 1.68. The van der Waals surface area contributed by atoms with Gasteiger partial charge in [0.25, 0.3) is 0 Å². The van der Waals surface area contributed by atoms with E-state index in [9.17, 15) is 4.79 Å². The lowest BCUT2D eigenvalue weighted by atomic mass is 9.98. The molecule has 1 atom stereocenters. The van der Waals surface area contributed by atoms with Crippen molar-refractivity contribution >= 4 is 5.91 Å². The number of fused-ring (bicyclic) bond motifs is 1. The molecule has 0 spiro atoms. The molecule has 1 N–H and O–H groups in total. The highest BCUT2D eigenvalue weighted by Gasteiger charge is 2.27. The minimum atomic E-state index is 0.00383. The Morgan fingerprint density at radius 2 is 1.90 bits per heavy atom. The topological polar surface area (TPSA) is 54.7 Å².